The third kappa shape index (κ3) is 4.85. The number of hydrogen-bond donors (Lipinski definition) is 1. The van der Waals surface area contributed by atoms with Crippen molar-refractivity contribution in [1.82, 2.24) is 10.2 Å². The Kier molecular flexibility index (Phi) is 5.74. The zero-order chi connectivity index (χ0) is 17.6. The molecule has 2 aromatic carbocycles. The highest BCUT2D eigenvalue weighted by Crippen LogP contribution is 2.16. The van der Waals surface area contributed by atoms with Crippen molar-refractivity contribution in [3.05, 3.63) is 48.0 Å². The molecule has 4 nitrogen and oxygen atoms in total. The van der Waals surface area contributed by atoms with Gasteiger partial charge in [-0.05, 0) is 35.6 Å². The molecule has 0 unspecified atom stereocenters. The average Bonchev–Trinajstić information content (AvgIpc) is 2.61. The Morgan fingerprint density at radius 1 is 1.16 bits per heavy atom. The van der Waals surface area contributed by atoms with E-state index in [0.29, 0.717) is 19.4 Å². The minimum Gasteiger partial charge on any atom is -0.361 e. The lowest BCUT2D eigenvalue weighted by Gasteiger charge is -2.26. The van der Waals surface area contributed by atoms with Crippen LogP contribution in [0.3, 0.4) is 0 Å². The lowest BCUT2D eigenvalue weighted by atomic mass is 9.89. The molecule has 5 heteroatoms. The van der Waals surface area contributed by atoms with Gasteiger partial charge in [-0.25, -0.2) is 0 Å². The number of carbonyl (C=O) groups excluding carboxylic acids is 2. The summed E-state index contributed by atoms with van der Waals surface area (Å²) in [5.41, 5.74) is 1.22. The zero-order valence-corrected chi connectivity index (χ0v) is 14.8. The molecule has 0 aliphatic carbocycles. The first-order valence-electron chi connectivity index (χ1n) is 9.16. The van der Waals surface area contributed by atoms with Gasteiger partial charge in [0.2, 0.25) is 11.8 Å². The molecule has 0 spiro atoms. The van der Waals surface area contributed by atoms with E-state index in [4.69, 9.17) is 0 Å². The van der Waals surface area contributed by atoms with E-state index in [1.165, 1.54) is 16.3 Å². The summed E-state index contributed by atoms with van der Waals surface area (Å²) in [6.07, 6.45) is 3.84. The van der Waals surface area contributed by atoms with Gasteiger partial charge in [-0.15, -0.1) is 0 Å². The van der Waals surface area contributed by atoms with Gasteiger partial charge in [0.1, 0.15) is 7.85 Å². The fraction of sp³-hybridized carbons (Fsp3) is 0.400. The molecule has 1 aliphatic heterocycles. The van der Waals surface area contributed by atoms with Crippen molar-refractivity contribution < 1.29 is 9.59 Å². The second kappa shape index (κ2) is 8.19. The molecule has 2 aromatic rings. The second-order valence-corrected chi connectivity index (χ2v) is 6.94. The van der Waals surface area contributed by atoms with Gasteiger partial charge in [-0.2, -0.15) is 0 Å². The van der Waals surface area contributed by atoms with E-state index in [-0.39, 0.29) is 17.8 Å². The Hall–Kier alpha value is -2.30. The lowest BCUT2D eigenvalue weighted by molar-refractivity contribution is -0.133. The molecule has 2 amide bonds. The summed E-state index contributed by atoms with van der Waals surface area (Å²) in [5, 5.41) is 5.51. The maximum Gasteiger partial charge on any atom is 0.222 e. The molecule has 1 aliphatic rings. The molecular formula is C20H25BN2O2. The molecule has 1 saturated heterocycles. The van der Waals surface area contributed by atoms with E-state index >= 15 is 0 Å². The maximum absolute atomic E-state index is 12.2. The smallest absolute Gasteiger partial charge is 0.222 e. The minimum atomic E-state index is 0.0201. The number of likely N-dealkylation sites (tertiary alicyclic amines) is 1. The number of rotatable bonds is 6. The van der Waals surface area contributed by atoms with Crippen LogP contribution in [0.1, 0.15) is 31.2 Å². The highest BCUT2D eigenvalue weighted by atomic mass is 16.2. The quantitative estimate of drug-likeness (QED) is 0.819. The summed E-state index contributed by atoms with van der Waals surface area (Å²) < 4.78 is 0. The molecule has 0 bridgehead atoms. The molecular weight excluding hydrogens is 311 g/mol. The van der Waals surface area contributed by atoms with Crippen LogP contribution in [0.2, 0.25) is 0 Å². The molecule has 0 radical (unpaired) electrons. The third-order valence-corrected chi connectivity index (χ3v) is 4.79. The standard InChI is InChI=1S/C20H25BN2O2/c21-18(14-15-8-9-16-5-1-2-6-17(16)13-15)22-19(24)10-12-23-11-4-3-7-20(23)25/h1-2,5-6,8-9,13,18H,3-4,7,10-12,14,21H2,(H,22,24)/t18-/m0/s1. The predicted octanol–water partition coefficient (Wildman–Crippen LogP) is 1.86. The van der Waals surface area contributed by atoms with Crippen molar-refractivity contribution in [3.63, 3.8) is 0 Å². The molecule has 3 rings (SSSR count). The molecule has 1 fully saturated rings. The molecule has 1 atom stereocenters. The van der Waals surface area contributed by atoms with E-state index in [2.05, 4.69) is 35.6 Å². The van der Waals surface area contributed by atoms with Crippen LogP contribution >= 0.6 is 0 Å². The first kappa shape index (κ1) is 17.5. The van der Waals surface area contributed by atoms with Gasteiger partial charge in [0.25, 0.3) is 0 Å². The van der Waals surface area contributed by atoms with Crippen LogP contribution in [-0.2, 0) is 16.0 Å². The Bertz CT molecular complexity index is 762. The van der Waals surface area contributed by atoms with E-state index in [1.54, 1.807) is 0 Å². The van der Waals surface area contributed by atoms with Crippen LogP contribution in [0.5, 0.6) is 0 Å². The van der Waals surface area contributed by atoms with Crippen LogP contribution in [0, 0.1) is 0 Å². The lowest BCUT2D eigenvalue weighted by Crippen LogP contribution is -2.41. The van der Waals surface area contributed by atoms with Gasteiger partial charge in [0.05, 0.1) is 0 Å². The second-order valence-electron chi connectivity index (χ2n) is 6.94. The Morgan fingerprint density at radius 2 is 1.96 bits per heavy atom. The van der Waals surface area contributed by atoms with Crippen molar-refractivity contribution in [2.75, 3.05) is 13.1 Å². The van der Waals surface area contributed by atoms with Gasteiger partial charge in [-0.1, -0.05) is 42.5 Å². The Morgan fingerprint density at radius 3 is 2.76 bits per heavy atom. The molecule has 1 N–H and O–H groups in total. The maximum atomic E-state index is 12.2. The molecule has 25 heavy (non-hydrogen) atoms. The SMILES string of the molecule is B[C@H](Cc1ccc2ccccc2c1)NC(=O)CCN1CCCCC1=O. The number of benzene rings is 2. The van der Waals surface area contributed by atoms with Crippen molar-refractivity contribution in [2.45, 2.75) is 38.0 Å². The van der Waals surface area contributed by atoms with Crippen molar-refractivity contribution in [2.24, 2.45) is 0 Å². The highest BCUT2D eigenvalue weighted by molar-refractivity contribution is 6.13. The van der Waals surface area contributed by atoms with Gasteiger partial charge < -0.3 is 10.2 Å². The first-order chi connectivity index (χ1) is 12.1. The van der Waals surface area contributed by atoms with E-state index < -0.39 is 0 Å². The summed E-state index contributed by atoms with van der Waals surface area (Å²) in [7, 11) is 2.03. The molecule has 0 saturated carbocycles. The normalized spacial score (nSPS) is 16.0. The summed E-state index contributed by atoms with van der Waals surface area (Å²) >= 11 is 0. The van der Waals surface area contributed by atoms with E-state index in [1.807, 2.05) is 24.9 Å². The number of nitrogens with zero attached hydrogens (tertiary/aromatic N) is 1. The van der Waals surface area contributed by atoms with Gasteiger partial charge in [0.15, 0.2) is 0 Å². The van der Waals surface area contributed by atoms with Crippen LogP contribution in [-0.4, -0.2) is 43.6 Å². The highest BCUT2D eigenvalue weighted by Gasteiger charge is 2.18. The molecule has 1 heterocycles. The van der Waals surface area contributed by atoms with Crippen LogP contribution in [0.25, 0.3) is 10.8 Å². The van der Waals surface area contributed by atoms with Crippen LogP contribution in [0.4, 0.5) is 0 Å². The monoisotopic (exact) mass is 336 g/mol. The van der Waals surface area contributed by atoms with E-state index in [0.717, 1.165) is 25.8 Å². The van der Waals surface area contributed by atoms with Crippen LogP contribution < -0.4 is 5.32 Å². The Balaban J connectivity index is 1.48. The topological polar surface area (TPSA) is 49.4 Å². The van der Waals surface area contributed by atoms with Crippen molar-refractivity contribution in [3.8, 4) is 0 Å². The number of amides is 2. The minimum absolute atomic E-state index is 0.0201. The first-order valence-corrected chi connectivity index (χ1v) is 9.16. The largest absolute Gasteiger partial charge is 0.361 e. The number of piperidine rings is 1. The summed E-state index contributed by atoms with van der Waals surface area (Å²) in [5.74, 6) is 0.278. The number of hydrogen-bond acceptors (Lipinski definition) is 2. The van der Waals surface area contributed by atoms with Gasteiger partial charge >= 0.3 is 0 Å². The number of fused-ring (bicyclic) bond motifs is 1. The fourth-order valence-corrected chi connectivity index (χ4v) is 3.45. The predicted molar refractivity (Wildman–Crippen MR) is 103 cm³/mol. The fourth-order valence-electron chi connectivity index (χ4n) is 3.45. The molecule has 130 valence electrons. The summed E-state index contributed by atoms with van der Waals surface area (Å²) in [6, 6.07) is 14.7. The average molecular weight is 336 g/mol. The van der Waals surface area contributed by atoms with E-state index in [9.17, 15) is 9.59 Å². The van der Waals surface area contributed by atoms with Crippen LogP contribution in [0.15, 0.2) is 42.5 Å². The zero-order valence-electron chi connectivity index (χ0n) is 14.8. The van der Waals surface area contributed by atoms with Crippen molar-refractivity contribution in [1.29, 1.82) is 0 Å². The van der Waals surface area contributed by atoms with Crippen molar-refractivity contribution >= 4 is 30.4 Å². The third-order valence-electron chi connectivity index (χ3n) is 4.79. The number of carbonyl (C=O) groups is 2. The Labute approximate surface area is 150 Å². The van der Waals surface area contributed by atoms with Gasteiger partial charge in [0, 0.05) is 31.9 Å². The number of nitrogens with one attached hydrogen (secondary N) is 1. The summed E-state index contributed by atoms with van der Waals surface area (Å²) in [6.45, 7) is 1.33. The molecule has 0 aromatic heterocycles. The van der Waals surface area contributed by atoms with Gasteiger partial charge in [-0.3, -0.25) is 9.59 Å². The summed E-state index contributed by atoms with van der Waals surface area (Å²) in [4.78, 5) is 25.7.